The SMILES string of the molecule is CC(Nc1ccc(S(=O)(=O)N2CCCCC2)cn1)c1ccc(NC(=O)c2ccc(F)cc2)cc1. The Morgan fingerprint density at radius 2 is 1.65 bits per heavy atom. The average Bonchev–Trinajstić information content (AvgIpc) is 2.85. The minimum Gasteiger partial charge on any atom is -0.364 e. The highest BCUT2D eigenvalue weighted by atomic mass is 32.2. The molecule has 34 heavy (non-hydrogen) atoms. The lowest BCUT2D eigenvalue weighted by atomic mass is 10.1. The molecule has 4 rings (SSSR count). The Balaban J connectivity index is 1.36. The maximum absolute atomic E-state index is 13.0. The zero-order valence-corrected chi connectivity index (χ0v) is 19.7. The van der Waals surface area contributed by atoms with Crippen molar-refractivity contribution >= 4 is 27.4 Å². The zero-order chi connectivity index (χ0) is 24.1. The number of amides is 1. The highest BCUT2D eigenvalue weighted by molar-refractivity contribution is 7.89. The molecule has 2 N–H and O–H groups in total. The summed E-state index contributed by atoms with van der Waals surface area (Å²) in [5, 5.41) is 6.05. The summed E-state index contributed by atoms with van der Waals surface area (Å²) in [5.74, 6) is -0.142. The Kier molecular flexibility index (Phi) is 7.23. The van der Waals surface area contributed by atoms with Crippen molar-refractivity contribution in [3.05, 3.63) is 83.8 Å². The first-order valence-corrected chi connectivity index (χ1v) is 12.7. The van der Waals surface area contributed by atoms with Crippen LogP contribution in [0, 0.1) is 5.82 Å². The maximum Gasteiger partial charge on any atom is 0.255 e. The molecule has 7 nitrogen and oxygen atoms in total. The number of hydrogen-bond donors (Lipinski definition) is 2. The molecule has 0 bridgehead atoms. The molecule has 0 saturated carbocycles. The van der Waals surface area contributed by atoms with Crippen LogP contribution in [0.4, 0.5) is 15.9 Å². The van der Waals surface area contributed by atoms with Gasteiger partial charge in [0.2, 0.25) is 10.0 Å². The molecule has 1 amide bonds. The molecule has 0 spiro atoms. The number of nitrogens with zero attached hydrogens (tertiary/aromatic N) is 2. The number of pyridine rings is 1. The Bertz CT molecular complexity index is 1220. The molecule has 1 fully saturated rings. The smallest absolute Gasteiger partial charge is 0.255 e. The summed E-state index contributed by atoms with van der Waals surface area (Å²) in [6, 6.07) is 15.9. The van der Waals surface area contributed by atoms with Gasteiger partial charge in [0.25, 0.3) is 5.91 Å². The number of benzene rings is 2. The number of halogens is 1. The fourth-order valence-electron chi connectivity index (χ4n) is 3.84. The van der Waals surface area contributed by atoms with Gasteiger partial charge in [-0.3, -0.25) is 4.79 Å². The first-order chi connectivity index (χ1) is 16.3. The van der Waals surface area contributed by atoms with Gasteiger partial charge in [-0.1, -0.05) is 18.6 Å². The molecule has 2 aromatic carbocycles. The van der Waals surface area contributed by atoms with E-state index in [0.29, 0.717) is 30.2 Å². The van der Waals surface area contributed by atoms with Gasteiger partial charge in [0.15, 0.2) is 0 Å². The first kappa shape index (κ1) is 23.8. The van der Waals surface area contributed by atoms with Crippen molar-refractivity contribution in [1.29, 1.82) is 0 Å². The molecule has 1 saturated heterocycles. The van der Waals surface area contributed by atoms with Crippen molar-refractivity contribution in [3.8, 4) is 0 Å². The number of carbonyl (C=O) groups excluding carboxylic acids is 1. The average molecular weight is 483 g/mol. The van der Waals surface area contributed by atoms with Gasteiger partial charge >= 0.3 is 0 Å². The minimum atomic E-state index is -3.51. The van der Waals surface area contributed by atoms with E-state index in [1.165, 1.54) is 34.8 Å². The van der Waals surface area contributed by atoms with Crippen LogP contribution < -0.4 is 10.6 Å². The van der Waals surface area contributed by atoms with Gasteiger partial charge in [-0.05, 0) is 73.9 Å². The van der Waals surface area contributed by atoms with E-state index in [2.05, 4.69) is 15.6 Å². The minimum absolute atomic E-state index is 0.0982. The molecule has 2 heterocycles. The Morgan fingerprint density at radius 3 is 2.26 bits per heavy atom. The molecule has 3 aromatic rings. The van der Waals surface area contributed by atoms with Crippen LogP contribution in [-0.4, -0.2) is 36.7 Å². The predicted molar refractivity (Wildman–Crippen MR) is 130 cm³/mol. The molecule has 178 valence electrons. The molecule has 0 aliphatic carbocycles. The van der Waals surface area contributed by atoms with Crippen LogP contribution in [0.3, 0.4) is 0 Å². The van der Waals surface area contributed by atoms with Crippen LogP contribution in [0.5, 0.6) is 0 Å². The number of anilines is 2. The number of sulfonamides is 1. The first-order valence-electron chi connectivity index (χ1n) is 11.2. The highest BCUT2D eigenvalue weighted by Gasteiger charge is 2.26. The number of hydrogen-bond acceptors (Lipinski definition) is 5. The lowest BCUT2D eigenvalue weighted by molar-refractivity contribution is 0.102. The van der Waals surface area contributed by atoms with E-state index in [9.17, 15) is 17.6 Å². The Morgan fingerprint density at radius 1 is 0.971 bits per heavy atom. The van der Waals surface area contributed by atoms with E-state index < -0.39 is 15.8 Å². The van der Waals surface area contributed by atoms with E-state index in [1.54, 1.807) is 24.3 Å². The van der Waals surface area contributed by atoms with Crippen LogP contribution in [0.2, 0.25) is 0 Å². The van der Waals surface area contributed by atoms with Crippen LogP contribution in [-0.2, 0) is 10.0 Å². The fourth-order valence-corrected chi connectivity index (χ4v) is 5.30. The molecule has 9 heteroatoms. The van der Waals surface area contributed by atoms with Crippen molar-refractivity contribution in [2.75, 3.05) is 23.7 Å². The summed E-state index contributed by atoms with van der Waals surface area (Å²) >= 11 is 0. The summed E-state index contributed by atoms with van der Waals surface area (Å²) in [5.41, 5.74) is 1.96. The highest BCUT2D eigenvalue weighted by Crippen LogP contribution is 2.23. The van der Waals surface area contributed by atoms with E-state index in [-0.39, 0.29) is 16.8 Å². The summed E-state index contributed by atoms with van der Waals surface area (Å²) in [4.78, 5) is 16.8. The van der Waals surface area contributed by atoms with Crippen molar-refractivity contribution in [3.63, 3.8) is 0 Å². The van der Waals surface area contributed by atoms with Gasteiger partial charge in [-0.15, -0.1) is 0 Å². The van der Waals surface area contributed by atoms with Crippen LogP contribution in [0.1, 0.15) is 48.1 Å². The second-order valence-corrected chi connectivity index (χ2v) is 10.2. The molecular formula is C25H27FN4O3S. The third-order valence-corrected chi connectivity index (χ3v) is 7.71. The van der Waals surface area contributed by atoms with E-state index >= 15 is 0 Å². The summed E-state index contributed by atoms with van der Waals surface area (Å²) in [7, 11) is -3.51. The molecule has 1 unspecified atom stereocenters. The van der Waals surface area contributed by atoms with E-state index in [1.807, 2.05) is 19.1 Å². The third-order valence-electron chi connectivity index (χ3n) is 5.83. The number of aromatic nitrogens is 1. The predicted octanol–water partition coefficient (Wildman–Crippen LogP) is 4.82. The Labute approximate surface area is 199 Å². The van der Waals surface area contributed by atoms with Gasteiger partial charge in [-0.25, -0.2) is 17.8 Å². The van der Waals surface area contributed by atoms with Crippen LogP contribution in [0.25, 0.3) is 0 Å². The van der Waals surface area contributed by atoms with Crippen molar-refractivity contribution in [2.24, 2.45) is 0 Å². The summed E-state index contributed by atoms with van der Waals surface area (Å²) in [6.07, 6.45) is 4.23. The van der Waals surface area contributed by atoms with Crippen LogP contribution >= 0.6 is 0 Å². The monoisotopic (exact) mass is 482 g/mol. The lowest BCUT2D eigenvalue weighted by Gasteiger charge is -2.25. The molecule has 1 aromatic heterocycles. The second kappa shape index (κ2) is 10.3. The van der Waals surface area contributed by atoms with Crippen molar-refractivity contribution in [2.45, 2.75) is 37.1 Å². The third kappa shape index (κ3) is 5.60. The summed E-state index contributed by atoms with van der Waals surface area (Å²) < 4.78 is 40.1. The largest absolute Gasteiger partial charge is 0.364 e. The number of rotatable bonds is 7. The quantitative estimate of drug-likeness (QED) is 0.504. The maximum atomic E-state index is 13.0. The topological polar surface area (TPSA) is 91.4 Å². The molecule has 0 radical (unpaired) electrons. The van der Waals surface area contributed by atoms with Crippen molar-refractivity contribution < 1.29 is 17.6 Å². The van der Waals surface area contributed by atoms with E-state index in [4.69, 9.17) is 0 Å². The molecule has 1 aliphatic heterocycles. The van der Waals surface area contributed by atoms with Gasteiger partial charge in [-0.2, -0.15) is 4.31 Å². The van der Waals surface area contributed by atoms with Crippen LogP contribution in [0.15, 0.2) is 71.8 Å². The fraction of sp³-hybridized carbons (Fsp3) is 0.280. The number of piperidine rings is 1. The van der Waals surface area contributed by atoms with Gasteiger partial charge in [0.05, 0.1) is 0 Å². The number of nitrogens with one attached hydrogen (secondary N) is 2. The van der Waals surface area contributed by atoms with Crippen molar-refractivity contribution in [1.82, 2.24) is 9.29 Å². The van der Waals surface area contributed by atoms with Gasteiger partial charge in [0, 0.05) is 36.6 Å². The van der Waals surface area contributed by atoms with E-state index in [0.717, 1.165) is 24.8 Å². The molecular weight excluding hydrogens is 455 g/mol. The molecule has 1 atom stereocenters. The molecule has 1 aliphatic rings. The normalized spacial score (nSPS) is 15.5. The lowest BCUT2D eigenvalue weighted by Crippen LogP contribution is -2.35. The second-order valence-electron chi connectivity index (χ2n) is 8.29. The van der Waals surface area contributed by atoms with Gasteiger partial charge in [0.1, 0.15) is 16.5 Å². The summed E-state index contributed by atoms with van der Waals surface area (Å²) in [6.45, 7) is 3.08. The van der Waals surface area contributed by atoms with Gasteiger partial charge < -0.3 is 10.6 Å². The zero-order valence-electron chi connectivity index (χ0n) is 18.9. The number of carbonyl (C=O) groups is 1. The standard InChI is InChI=1S/C25H27FN4O3S/c1-18(19-7-11-22(12-8-19)29-25(31)20-5-9-21(26)10-6-20)28-24-14-13-23(17-27-24)34(32,33)30-15-3-2-4-16-30/h5-14,17-18H,2-4,15-16H2,1H3,(H,27,28)(H,29,31). The Hall–Kier alpha value is -3.30.